The van der Waals surface area contributed by atoms with Crippen LogP contribution in [0.3, 0.4) is 0 Å². The summed E-state index contributed by atoms with van der Waals surface area (Å²) in [5.74, 6) is 1.25. The number of hydrogen-bond acceptors (Lipinski definition) is 1. The Kier molecular flexibility index (Phi) is 180. The van der Waals surface area contributed by atoms with E-state index in [0.717, 1.165) is 0 Å². The molecular weight excluding hydrogens is 64.0 g/mol. The minimum atomic E-state index is 1.25. The van der Waals surface area contributed by atoms with E-state index in [2.05, 4.69) is 6.58 Å². The van der Waals surface area contributed by atoms with Gasteiger partial charge in [0.2, 0.25) is 0 Å². The molecule has 30 valence electrons. The summed E-state index contributed by atoms with van der Waals surface area (Å²) in [7, 11) is 0. The molecule has 0 radical (unpaired) electrons. The maximum absolute atomic E-state index is 8.57. The summed E-state index contributed by atoms with van der Waals surface area (Å²) in [6, 6.07) is 0. The second-order valence-corrected chi connectivity index (χ2v) is 0.144. The predicted octanol–water partition coefficient (Wildman–Crippen LogP) is 1.03. The Morgan fingerprint density at radius 2 is 1.60 bits per heavy atom. The first-order valence-electron chi connectivity index (χ1n) is 1.56. The second kappa shape index (κ2) is 102. The van der Waals surface area contributed by atoms with Gasteiger partial charge in [0.25, 0.3) is 0 Å². The molecule has 0 atom stereocenters. The van der Waals surface area contributed by atoms with Crippen molar-refractivity contribution in [2.24, 2.45) is 0 Å². The van der Waals surface area contributed by atoms with Crippen LogP contribution < -0.4 is 0 Å². The van der Waals surface area contributed by atoms with Crippen molar-refractivity contribution < 1.29 is 4.79 Å². The lowest BCUT2D eigenvalue weighted by Gasteiger charge is -1.07. The van der Waals surface area contributed by atoms with E-state index in [1.165, 1.54) is 5.94 Å². The lowest BCUT2D eigenvalue weighted by atomic mass is 11.0. The highest BCUT2D eigenvalue weighted by molar-refractivity contribution is 5.38. The maximum atomic E-state index is 8.57. The molecule has 0 saturated carbocycles. The van der Waals surface area contributed by atoms with Crippen molar-refractivity contribution in [3.05, 3.63) is 6.58 Å². The van der Waals surface area contributed by atoms with Gasteiger partial charge in [-0.3, -0.25) is 0 Å². The molecule has 0 heterocycles. The van der Waals surface area contributed by atoms with Gasteiger partial charge in [0.15, 0.2) is 0 Å². The minimum absolute atomic E-state index is 1.25. The Labute approximate surface area is 32.3 Å². The van der Waals surface area contributed by atoms with Gasteiger partial charge in [0.05, 0.1) is 0 Å². The van der Waals surface area contributed by atoms with Crippen molar-refractivity contribution in [3.8, 4) is 0 Å². The monoisotopic (exact) mass is 72.1 g/mol. The third kappa shape index (κ3) is 24.0. The van der Waals surface area contributed by atoms with Gasteiger partial charge >= 0.3 is 0 Å². The summed E-state index contributed by atoms with van der Waals surface area (Å²) in [5.41, 5.74) is 0. The minimum Gasteiger partial charge on any atom is -0.234 e. The molecule has 0 unspecified atom stereocenters. The van der Waals surface area contributed by atoms with E-state index in [9.17, 15) is 0 Å². The van der Waals surface area contributed by atoms with Gasteiger partial charge < -0.3 is 0 Å². The maximum Gasteiger partial charge on any atom is 0.116 e. The van der Waals surface area contributed by atoms with Crippen LogP contribution in [0.15, 0.2) is 6.58 Å². The Morgan fingerprint density at radius 1 is 1.60 bits per heavy atom. The van der Waals surface area contributed by atoms with Gasteiger partial charge in [-0.1, -0.05) is 13.8 Å². The van der Waals surface area contributed by atoms with Crippen molar-refractivity contribution in [1.29, 1.82) is 0 Å². The quantitative estimate of drug-likeness (QED) is 0.390. The zero-order valence-electron chi connectivity index (χ0n) is 3.62. The van der Waals surface area contributed by atoms with Crippen LogP contribution in [0.2, 0.25) is 0 Å². The third-order valence-electron chi connectivity index (χ3n) is 0. The molecule has 0 saturated heterocycles. The van der Waals surface area contributed by atoms with Crippen molar-refractivity contribution in [2.75, 3.05) is 0 Å². The molecule has 1 heteroatoms. The summed E-state index contributed by atoms with van der Waals surface area (Å²) in [6.45, 7) is 6.68. The Bertz CT molecular complexity index is 24.6. The highest BCUT2D eigenvalue weighted by atomic mass is 16.1. The first kappa shape index (κ1) is 8.82. The lowest BCUT2D eigenvalue weighted by molar-refractivity contribution is 0.569. The molecule has 0 aliphatic rings. The molecule has 0 bridgehead atoms. The van der Waals surface area contributed by atoms with E-state index < -0.39 is 0 Å². The highest BCUT2D eigenvalue weighted by Crippen LogP contribution is 1.14. The van der Waals surface area contributed by atoms with Crippen LogP contribution in [0.1, 0.15) is 13.8 Å². The van der Waals surface area contributed by atoms with Gasteiger partial charge in [-0.2, -0.15) is 0 Å². The normalized spacial score (nSPS) is 2.80. The van der Waals surface area contributed by atoms with Gasteiger partial charge in [0.1, 0.15) is 5.94 Å². The molecule has 0 aromatic carbocycles. The third-order valence-corrected chi connectivity index (χ3v) is 0. The first-order valence-corrected chi connectivity index (χ1v) is 1.56. The zero-order chi connectivity index (χ0) is 4.71. The molecule has 0 rings (SSSR count). The van der Waals surface area contributed by atoms with Crippen molar-refractivity contribution in [2.45, 2.75) is 13.8 Å². The number of hydrogen-bond donors (Lipinski definition) is 0. The molecule has 0 aliphatic heterocycles. The molecule has 0 N–H and O–H groups in total. The predicted molar refractivity (Wildman–Crippen MR) is 22.7 cm³/mol. The van der Waals surface area contributed by atoms with Gasteiger partial charge in [0, 0.05) is 0 Å². The largest absolute Gasteiger partial charge is 0.234 e. The first-order chi connectivity index (χ1) is 2.41. The van der Waals surface area contributed by atoms with Crippen molar-refractivity contribution in [1.82, 2.24) is 0 Å². The molecule has 0 aliphatic carbocycles. The fraction of sp³-hybridized carbons (Fsp3) is 0.500. The van der Waals surface area contributed by atoms with Crippen LogP contribution in [-0.4, -0.2) is 5.94 Å². The van der Waals surface area contributed by atoms with Gasteiger partial charge in [-0.15, -0.1) is 0 Å². The van der Waals surface area contributed by atoms with Gasteiger partial charge in [-0.25, -0.2) is 4.79 Å². The summed E-state index contributed by atoms with van der Waals surface area (Å²) in [6.07, 6.45) is 0. The van der Waals surface area contributed by atoms with E-state index in [-0.39, 0.29) is 0 Å². The summed E-state index contributed by atoms with van der Waals surface area (Å²) >= 11 is 0. The van der Waals surface area contributed by atoms with Crippen LogP contribution in [0.4, 0.5) is 0 Å². The van der Waals surface area contributed by atoms with E-state index in [1.807, 2.05) is 13.8 Å². The average Bonchev–Trinajstić information content (AvgIpc) is 1.46. The summed E-state index contributed by atoms with van der Waals surface area (Å²) in [5, 5.41) is 0. The zero-order valence-corrected chi connectivity index (χ0v) is 3.62. The molecule has 0 aromatic heterocycles. The SMILES string of the molecule is C=C=O.CC. The fourth-order valence-electron chi connectivity index (χ4n) is 0. The molecule has 5 heavy (non-hydrogen) atoms. The van der Waals surface area contributed by atoms with Crippen molar-refractivity contribution in [3.63, 3.8) is 0 Å². The topological polar surface area (TPSA) is 17.1 Å². The molecule has 1 nitrogen and oxygen atoms in total. The molecule has 0 aromatic rings. The summed E-state index contributed by atoms with van der Waals surface area (Å²) < 4.78 is 0. The molecule has 0 amide bonds. The molecule has 0 fully saturated rings. The number of rotatable bonds is 0. The van der Waals surface area contributed by atoms with E-state index in [0.29, 0.717) is 0 Å². The van der Waals surface area contributed by atoms with Gasteiger partial charge in [-0.05, 0) is 6.58 Å². The second-order valence-electron chi connectivity index (χ2n) is 0.144. The lowest BCUT2D eigenvalue weighted by Crippen LogP contribution is -1.15. The average molecular weight is 72.1 g/mol. The van der Waals surface area contributed by atoms with E-state index >= 15 is 0 Å². The smallest absolute Gasteiger partial charge is 0.116 e. The van der Waals surface area contributed by atoms with Crippen LogP contribution in [-0.2, 0) is 4.79 Å². The fourth-order valence-corrected chi connectivity index (χ4v) is 0. The van der Waals surface area contributed by atoms with Crippen LogP contribution >= 0.6 is 0 Å². The van der Waals surface area contributed by atoms with Crippen LogP contribution in [0, 0.1) is 0 Å². The summed E-state index contributed by atoms with van der Waals surface area (Å²) in [4.78, 5) is 8.57. The highest BCUT2D eigenvalue weighted by Gasteiger charge is 1.01. The number of carbonyl (C=O) groups excluding carboxylic acids is 1. The van der Waals surface area contributed by atoms with E-state index in [4.69, 9.17) is 4.79 Å². The standard InChI is InChI=1S/C2H2O.C2H6/c1-2-3;1-2/h1H2;1-2H3. The van der Waals surface area contributed by atoms with Crippen LogP contribution in [0.25, 0.3) is 0 Å². The molecule has 0 spiro atoms. The van der Waals surface area contributed by atoms with E-state index in [1.54, 1.807) is 0 Å². The van der Waals surface area contributed by atoms with Crippen LogP contribution in [0.5, 0.6) is 0 Å². The Morgan fingerprint density at radius 3 is 1.60 bits per heavy atom. The molecular formula is C4H8O. The Hall–Kier alpha value is -0.550. The Balaban J connectivity index is 0. The van der Waals surface area contributed by atoms with Crippen molar-refractivity contribution >= 4 is 5.94 Å².